The molecule has 82 valence electrons. The monoisotopic (exact) mass is 270 g/mol. The molecule has 0 radical (unpaired) electrons. The number of nitrogens with two attached hydrogens (primary N) is 1. The predicted octanol–water partition coefficient (Wildman–Crippen LogP) is 2.43. The highest BCUT2D eigenvalue weighted by Gasteiger charge is 2.07. The Balaban J connectivity index is 2.71. The first-order valence-electron chi connectivity index (χ1n) is 4.80. The Morgan fingerprint density at radius 2 is 2.27 bits per heavy atom. The third-order valence-corrected chi connectivity index (χ3v) is 2.60. The second-order valence-electron chi connectivity index (χ2n) is 3.68. The molecule has 3 nitrogen and oxygen atoms in total. The number of hydrogen-bond acceptors (Lipinski definition) is 2. The third kappa shape index (κ3) is 3.91. The van der Waals surface area contributed by atoms with E-state index in [1.54, 1.807) is 0 Å². The Labute approximate surface area is 98.2 Å². The molecule has 1 unspecified atom stereocenters. The highest BCUT2D eigenvalue weighted by atomic mass is 79.9. The number of rotatable bonds is 4. The largest absolute Gasteiger partial charge is 0.382 e. The molecule has 0 spiro atoms. The van der Waals surface area contributed by atoms with Gasteiger partial charge in [-0.25, -0.2) is 0 Å². The number of anilines is 1. The van der Waals surface area contributed by atoms with Crippen molar-refractivity contribution >= 4 is 27.5 Å². The van der Waals surface area contributed by atoms with Crippen molar-refractivity contribution in [1.29, 1.82) is 0 Å². The number of primary amides is 1. The van der Waals surface area contributed by atoms with Crippen molar-refractivity contribution < 1.29 is 4.79 Å². The number of benzene rings is 1. The van der Waals surface area contributed by atoms with Crippen LogP contribution in [0.15, 0.2) is 22.7 Å². The van der Waals surface area contributed by atoms with Crippen LogP contribution in [0.25, 0.3) is 0 Å². The van der Waals surface area contributed by atoms with Gasteiger partial charge >= 0.3 is 0 Å². The van der Waals surface area contributed by atoms with Gasteiger partial charge in [0.25, 0.3) is 0 Å². The van der Waals surface area contributed by atoms with Gasteiger partial charge in [0.15, 0.2) is 0 Å². The number of carbonyl (C=O) groups is 1. The first-order chi connectivity index (χ1) is 6.99. The minimum absolute atomic E-state index is 0.0514. The molecule has 0 aliphatic heterocycles. The maximum Gasteiger partial charge on any atom is 0.219 e. The zero-order valence-corrected chi connectivity index (χ0v) is 10.5. The number of amides is 1. The van der Waals surface area contributed by atoms with E-state index >= 15 is 0 Å². The zero-order valence-electron chi connectivity index (χ0n) is 8.88. The van der Waals surface area contributed by atoms with Crippen molar-refractivity contribution in [2.45, 2.75) is 26.3 Å². The molecule has 0 aliphatic carbocycles. The van der Waals surface area contributed by atoms with Crippen molar-refractivity contribution in [2.75, 3.05) is 5.32 Å². The molecule has 0 aromatic heterocycles. The van der Waals surface area contributed by atoms with Gasteiger partial charge in [-0.15, -0.1) is 0 Å². The van der Waals surface area contributed by atoms with Crippen molar-refractivity contribution in [2.24, 2.45) is 5.73 Å². The van der Waals surface area contributed by atoms with Crippen molar-refractivity contribution in [3.63, 3.8) is 0 Å². The first kappa shape index (κ1) is 12.0. The Morgan fingerprint density at radius 3 is 2.87 bits per heavy atom. The van der Waals surface area contributed by atoms with Crippen LogP contribution < -0.4 is 11.1 Å². The lowest BCUT2D eigenvalue weighted by Crippen LogP contribution is -2.24. The van der Waals surface area contributed by atoms with Crippen LogP contribution in [0.2, 0.25) is 0 Å². The second-order valence-corrected chi connectivity index (χ2v) is 4.59. The standard InChI is InChI=1S/C11H15BrN2O/c1-7-3-4-9(12)6-10(7)14-8(2)5-11(13)15/h3-4,6,8,14H,5H2,1-2H3,(H2,13,15). The quantitative estimate of drug-likeness (QED) is 0.883. The van der Waals surface area contributed by atoms with E-state index in [0.717, 1.165) is 15.7 Å². The summed E-state index contributed by atoms with van der Waals surface area (Å²) in [6.45, 7) is 3.96. The Bertz CT molecular complexity index is 366. The van der Waals surface area contributed by atoms with E-state index in [1.807, 2.05) is 32.0 Å². The van der Waals surface area contributed by atoms with Crippen LogP contribution in [0.4, 0.5) is 5.69 Å². The highest BCUT2D eigenvalue weighted by molar-refractivity contribution is 9.10. The summed E-state index contributed by atoms with van der Waals surface area (Å²) in [7, 11) is 0. The van der Waals surface area contributed by atoms with Gasteiger partial charge in [0.1, 0.15) is 0 Å². The van der Waals surface area contributed by atoms with Gasteiger partial charge in [-0.2, -0.15) is 0 Å². The van der Waals surface area contributed by atoms with E-state index in [9.17, 15) is 4.79 Å². The fourth-order valence-electron chi connectivity index (χ4n) is 1.37. The summed E-state index contributed by atoms with van der Waals surface area (Å²) in [4.78, 5) is 10.7. The number of halogens is 1. The molecule has 4 heteroatoms. The molecule has 1 amide bonds. The fourth-order valence-corrected chi connectivity index (χ4v) is 1.73. The van der Waals surface area contributed by atoms with Gasteiger partial charge in [0.2, 0.25) is 5.91 Å². The molecule has 3 N–H and O–H groups in total. The number of hydrogen-bond donors (Lipinski definition) is 2. The highest BCUT2D eigenvalue weighted by Crippen LogP contribution is 2.21. The fraction of sp³-hybridized carbons (Fsp3) is 0.364. The summed E-state index contributed by atoms with van der Waals surface area (Å²) in [5, 5.41) is 3.25. The lowest BCUT2D eigenvalue weighted by molar-refractivity contribution is -0.118. The average Bonchev–Trinajstić information content (AvgIpc) is 2.10. The minimum Gasteiger partial charge on any atom is -0.382 e. The number of carbonyl (C=O) groups excluding carboxylic acids is 1. The van der Waals surface area contributed by atoms with E-state index in [-0.39, 0.29) is 11.9 Å². The van der Waals surface area contributed by atoms with Gasteiger partial charge in [0, 0.05) is 22.6 Å². The molecule has 1 aromatic carbocycles. The maximum atomic E-state index is 10.7. The van der Waals surface area contributed by atoms with Crippen LogP contribution in [-0.4, -0.2) is 11.9 Å². The molecule has 1 aromatic rings. The molecular formula is C11H15BrN2O. The summed E-state index contributed by atoms with van der Waals surface area (Å²) >= 11 is 3.41. The van der Waals surface area contributed by atoms with E-state index < -0.39 is 0 Å². The van der Waals surface area contributed by atoms with E-state index in [4.69, 9.17) is 5.73 Å². The molecule has 1 atom stereocenters. The van der Waals surface area contributed by atoms with Gasteiger partial charge in [-0.3, -0.25) is 4.79 Å². The number of nitrogens with one attached hydrogen (secondary N) is 1. The normalized spacial score (nSPS) is 12.2. The Morgan fingerprint density at radius 1 is 1.60 bits per heavy atom. The molecular weight excluding hydrogens is 256 g/mol. The molecule has 0 bridgehead atoms. The lowest BCUT2D eigenvalue weighted by atomic mass is 10.1. The van der Waals surface area contributed by atoms with Gasteiger partial charge in [0.05, 0.1) is 0 Å². The summed E-state index contributed by atoms with van der Waals surface area (Å²) < 4.78 is 1.02. The van der Waals surface area contributed by atoms with E-state index in [1.165, 1.54) is 0 Å². The SMILES string of the molecule is Cc1ccc(Br)cc1NC(C)CC(N)=O. The van der Waals surface area contributed by atoms with Crippen LogP contribution >= 0.6 is 15.9 Å². The summed E-state index contributed by atoms with van der Waals surface area (Å²) in [6, 6.07) is 6.05. The Kier molecular flexibility index (Phi) is 4.15. The molecule has 15 heavy (non-hydrogen) atoms. The topological polar surface area (TPSA) is 55.1 Å². The van der Waals surface area contributed by atoms with Crippen LogP contribution in [0, 0.1) is 6.92 Å². The van der Waals surface area contributed by atoms with Crippen molar-refractivity contribution in [3.8, 4) is 0 Å². The molecule has 0 heterocycles. The zero-order chi connectivity index (χ0) is 11.4. The molecule has 0 saturated heterocycles. The van der Waals surface area contributed by atoms with Crippen molar-refractivity contribution in [1.82, 2.24) is 0 Å². The Hall–Kier alpha value is -1.03. The summed E-state index contributed by atoms with van der Waals surface area (Å²) in [6.07, 6.45) is 0.339. The van der Waals surface area contributed by atoms with Crippen LogP contribution in [0.5, 0.6) is 0 Å². The predicted molar refractivity (Wildman–Crippen MR) is 65.8 cm³/mol. The first-order valence-corrected chi connectivity index (χ1v) is 5.59. The molecule has 0 fully saturated rings. The van der Waals surface area contributed by atoms with E-state index in [2.05, 4.69) is 21.2 Å². The molecule has 1 rings (SSSR count). The van der Waals surface area contributed by atoms with Gasteiger partial charge in [-0.1, -0.05) is 22.0 Å². The van der Waals surface area contributed by atoms with Gasteiger partial charge < -0.3 is 11.1 Å². The minimum atomic E-state index is -0.289. The summed E-state index contributed by atoms with van der Waals surface area (Å²) in [5.41, 5.74) is 7.30. The van der Waals surface area contributed by atoms with Gasteiger partial charge in [-0.05, 0) is 31.5 Å². The third-order valence-electron chi connectivity index (χ3n) is 2.11. The van der Waals surface area contributed by atoms with E-state index in [0.29, 0.717) is 6.42 Å². The van der Waals surface area contributed by atoms with Crippen LogP contribution in [0.3, 0.4) is 0 Å². The number of aryl methyl sites for hydroxylation is 1. The molecule has 0 saturated carbocycles. The molecule has 0 aliphatic rings. The lowest BCUT2D eigenvalue weighted by Gasteiger charge is -2.15. The maximum absolute atomic E-state index is 10.7. The van der Waals surface area contributed by atoms with Crippen molar-refractivity contribution in [3.05, 3.63) is 28.2 Å². The smallest absolute Gasteiger partial charge is 0.219 e. The summed E-state index contributed by atoms with van der Waals surface area (Å²) in [5.74, 6) is -0.289. The van der Waals surface area contributed by atoms with Crippen LogP contribution in [-0.2, 0) is 4.79 Å². The second kappa shape index (κ2) is 5.16. The average molecular weight is 271 g/mol. The van der Waals surface area contributed by atoms with Crippen LogP contribution in [0.1, 0.15) is 18.9 Å².